The topological polar surface area (TPSA) is 95.7 Å². The van der Waals surface area contributed by atoms with Gasteiger partial charge in [-0.25, -0.2) is 0 Å². The van der Waals surface area contributed by atoms with Crippen LogP contribution in [0.3, 0.4) is 0 Å². The summed E-state index contributed by atoms with van der Waals surface area (Å²) >= 11 is 0. The van der Waals surface area contributed by atoms with Gasteiger partial charge >= 0.3 is 0 Å². The van der Waals surface area contributed by atoms with Crippen LogP contribution in [0, 0.1) is 10.1 Å². The minimum Gasteiger partial charge on any atom is -0.389 e. The van der Waals surface area contributed by atoms with Crippen LogP contribution in [0.25, 0.3) is 0 Å². The summed E-state index contributed by atoms with van der Waals surface area (Å²) in [6.07, 6.45) is 0. The highest BCUT2D eigenvalue weighted by atomic mass is 16.6. The summed E-state index contributed by atoms with van der Waals surface area (Å²) in [5, 5.41) is 23.4. The molecule has 1 aromatic carbocycles. The Morgan fingerprint density at radius 3 is 2.57 bits per heavy atom. The highest BCUT2D eigenvalue weighted by Crippen LogP contribution is 2.22. The minimum absolute atomic E-state index is 0.0607. The number of nitro groups is 1. The monoisotopic (exact) mass is 295 g/mol. The Morgan fingerprint density at radius 2 is 2.05 bits per heavy atom. The fraction of sp³-hybridized carbons (Fsp3) is 0.500. The van der Waals surface area contributed by atoms with Gasteiger partial charge in [0.2, 0.25) is 5.91 Å². The molecule has 0 atom stereocenters. The van der Waals surface area contributed by atoms with Crippen molar-refractivity contribution >= 4 is 17.3 Å². The molecule has 2 N–H and O–H groups in total. The molecule has 21 heavy (non-hydrogen) atoms. The number of hydrogen-bond acceptors (Lipinski definition) is 5. The first kappa shape index (κ1) is 16.9. The summed E-state index contributed by atoms with van der Waals surface area (Å²) in [6, 6.07) is 6.16. The molecule has 1 rings (SSSR count). The molecule has 0 spiro atoms. The van der Waals surface area contributed by atoms with Crippen LogP contribution in [0.1, 0.15) is 20.8 Å². The maximum atomic E-state index is 12.1. The van der Waals surface area contributed by atoms with Crippen LogP contribution in [0.2, 0.25) is 0 Å². The number of likely N-dealkylation sites (N-methyl/N-ethyl adjacent to an activating group) is 1. The third kappa shape index (κ3) is 5.39. The van der Waals surface area contributed by atoms with Crippen molar-refractivity contribution in [1.82, 2.24) is 4.90 Å². The van der Waals surface area contributed by atoms with E-state index in [1.807, 2.05) is 6.92 Å². The molecule has 0 saturated heterocycles. The van der Waals surface area contributed by atoms with Gasteiger partial charge in [0.15, 0.2) is 0 Å². The van der Waals surface area contributed by atoms with Gasteiger partial charge < -0.3 is 15.3 Å². The summed E-state index contributed by atoms with van der Waals surface area (Å²) < 4.78 is 0. The number of nitro benzene ring substituents is 1. The first-order valence-electron chi connectivity index (χ1n) is 6.72. The van der Waals surface area contributed by atoms with Crippen molar-refractivity contribution < 1.29 is 14.8 Å². The average Bonchev–Trinajstić information content (AvgIpc) is 2.41. The molecule has 0 unspecified atom stereocenters. The number of hydrogen-bond donors (Lipinski definition) is 2. The Kier molecular flexibility index (Phi) is 5.66. The Hall–Kier alpha value is -2.15. The van der Waals surface area contributed by atoms with Gasteiger partial charge in [-0.2, -0.15) is 0 Å². The Labute approximate surface area is 123 Å². The molecule has 0 radical (unpaired) electrons. The molecule has 1 amide bonds. The molecule has 1 aromatic rings. The van der Waals surface area contributed by atoms with Gasteiger partial charge in [-0.1, -0.05) is 12.1 Å². The SMILES string of the molecule is CCN(CC(C)(C)O)C(=O)CNc1ccccc1[N+](=O)[O-]. The number of para-hydroxylation sites is 2. The normalized spacial score (nSPS) is 11.0. The van der Waals surface area contributed by atoms with Crippen LogP contribution in [-0.4, -0.2) is 46.1 Å². The van der Waals surface area contributed by atoms with Crippen molar-refractivity contribution in [2.24, 2.45) is 0 Å². The van der Waals surface area contributed by atoms with E-state index in [0.717, 1.165) is 0 Å². The molecule has 0 heterocycles. The zero-order chi connectivity index (χ0) is 16.0. The maximum absolute atomic E-state index is 12.1. The predicted molar refractivity (Wildman–Crippen MR) is 80.1 cm³/mol. The fourth-order valence-electron chi connectivity index (χ4n) is 1.91. The van der Waals surface area contributed by atoms with Gasteiger partial charge in [-0.15, -0.1) is 0 Å². The lowest BCUT2D eigenvalue weighted by atomic mass is 10.1. The van der Waals surface area contributed by atoms with Gasteiger partial charge in [-0.05, 0) is 26.8 Å². The third-order valence-electron chi connectivity index (χ3n) is 2.84. The number of aliphatic hydroxyl groups is 1. The van der Waals surface area contributed by atoms with E-state index in [0.29, 0.717) is 12.2 Å². The van der Waals surface area contributed by atoms with E-state index in [9.17, 15) is 20.0 Å². The molecule has 7 nitrogen and oxygen atoms in total. The van der Waals surface area contributed by atoms with Crippen LogP contribution in [0.5, 0.6) is 0 Å². The summed E-state index contributed by atoms with van der Waals surface area (Å²) in [4.78, 5) is 24.0. The lowest BCUT2D eigenvalue weighted by Crippen LogP contribution is -2.44. The van der Waals surface area contributed by atoms with E-state index < -0.39 is 10.5 Å². The van der Waals surface area contributed by atoms with Crippen molar-refractivity contribution in [1.29, 1.82) is 0 Å². The van der Waals surface area contributed by atoms with E-state index in [4.69, 9.17) is 0 Å². The lowest BCUT2D eigenvalue weighted by Gasteiger charge is -2.28. The average molecular weight is 295 g/mol. The summed E-state index contributed by atoms with van der Waals surface area (Å²) in [6.45, 7) is 5.67. The van der Waals surface area contributed by atoms with Crippen LogP contribution in [0.15, 0.2) is 24.3 Å². The molecule has 0 aromatic heterocycles. The number of anilines is 1. The van der Waals surface area contributed by atoms with Gasteiger partial charge in [0, 0.05) is 19.2 Å². The van der Waals surface area contributed by atoms with E-state index in [2.05, 4.69) is 5.32 Å². The molecule has 0 saturated carbocycles. The number of rotatable bonds is 7. The molecule has 116 valence electrons. The Balaban J connectivity index is 2.70. The highest BCUT2D eigenvalue weighted by Gasteiger charge is 2.21. The molecule has 0 aliphatic rings. The van der Waals surface area contributed by atoms with Crippen molar-refractivity contribution in [3.8, 4) is 0 Å². The third-order valence-corrected chi connectivity index (χ3v) is 2.84. The second-order valence-corrected chi connectivity index (χ2v) is 5.35. The number of carbonyl (C=O) groups excluding carboxylic acids is 1. The maximum Gasteiger partial charge on any atom is 0.292 e. The molecular weight excluding hydrogens is 274 g/mol. The Bertz CT molecular complexity index is 511. The van der Waals surface area contributed by atoms with E-state index in [1.165, 1.54) is 11.0 Å². The molecule has 0 aliphatic heterocycles. The number of benzene rings is 1. The number of nitrogens with one attached hydrogen (secondary N) is 1. The Morgan fingerprint density at radius 1 is 1.43 bits per heavy atom. The second kappa shape index (κ2) is 7.03. The minimum atomic E-state index is -0.982. The quantitative estimate of drug-likeness (QED) is 0.588. The zero-order valence-electron chi connectivity index (χ0n) is 12.5. The van der Waals surface area contributed by atoms with Gasteiger partial charge in [0.1, 0.15) is 5.69 Å². The highest BCUT2D eigenvalue weighted by molar-refractivity contribution is 5.81. The summed E-state index contributed by atoms with van der Waals surface area (Å²) in [5.41, 5.74) is -0.754. The van der Waals surface area contributed by atoms with E-state index >= 15 is 0 Å². The fourth-order valence-corrected chi connectivity index (χ4v) is 1.91. The smallest absolute Gasteiger partial charge is 0.292 e. The van der Waals surface area contributed by atoms with Crippen LogP contribution >= 0.6 is 0 Å². The van der Waals surface area contributed by atoms with E-state index in [1.54, 1.807) is 32.0 Å². The lowest BCUT2D eigenvalue weighted by molar-refractivity contribution is -0.383. The molecule has 0 fully saturated rings. The van der Waals surface area contributed by atoms with Crippen LogP contribution in [0.4, 0.5) is 11.4 Å². The van der Waals surface area contributed by atoms with Gasteiger partial charge in [0.05, 0.1) is 17.1 Å². The molecular formula is C14H21N3O4. The van der Waals surface area contributed by atoms with Crippen molar-refractivity contribution in [2.45, 2.75) is 26.4 Å². The number of amides is 1. The molecule has 7 heteroatoms. The number of nitrogens with zero attached hydrogens (tertiary/aromatic N) is 2. The van der Waals surface area contributed by atoms with Crippen molar-refractivity contribution in [3.63, 3.8) is 0 Å². The molecule has 0 bridgehead atoms. The van der Waals surface area contributed by atoms with Crippen LogP contribution in [-0.2, 0) is 4.79 Å². The van der Waals surface area contributed by atoms with E-state index in [-0.39, 0.29) is 24.7 Å². The second-order valence-electron chi connectivity index (χ2n) is 5.35. The van der Waals surface area contributed by atoms with Crippen molar-refractivity contribution in [2.75, 3.05) is 25.0 Å². The summed E-state index contributed by atoms with van der Waals surface area (Å²) in [7, 11) is 0. The van der Waals surface area contributed by atoms with Crippen LogP contribution < -0.4 is 5.32 Å². The van der Waals surface area contributed by atoms with Gasteiger partial charge in [0.25, 0.3) is 5.69 Å². The zero-order valence-corrected chi connectivity index (χ0v) is 12.5. The standard InChI is InChI=1S/C14H21N3O4/c1-4-16(10-14(2,3)19)13(18)9-15-11-7-5-6-8-12(11)17(20)21/h5-8,15,19H,4,9-10H2,1-3H3. The van der Waals surface area contributed by atoms with Gasteiger partial charge in [-0.3, -0.25) is 14.9 Å². The number of carbonyl (C=O) groups is 1. The first-order valence-corrected chi connectivity index (χ1v) is 6.72. The van der Waals surface area contributed by atoms with Crippen molar-refractivity contribution in [3.05, 3.63) is 34.4 Å². The molecule has 0 aliphatic carbocycles. The summed E-state index contributed by atoms with van der Waals surface area (Å²) in [5.74, 6) is -0.224. The predicted octanol–water partition coefficient (Wildman–Crippen LogP) is 1.63. The first-order chi connectivity index (χ1) is 9.74. The largest absolute Gasteiger partial charge is 0.389 e.